The molecule has 0 saturated carbocycles. The quantitative estimate of drug-likeness (QED) is 0.916. The van der Waals surface area contributed by atoms with Gasteiger partial charge in [-0.15, -0.1) is 0 Å². The van der Waals surface area contributed by atoms with Crippen molar-refractivity contribution in [1.29, 1.82) is 0 Å². The fourth-order valence-corrected chi connectivity index (χ4v) is 2.21. The van der Waals surface area contributed by atoms with Crippen molar-refractivity contribution in [3.63, 3.8) is 0 Å². The topological polar surface area (TPSA) is 38.3 Å². The fourth-order valence-electron chi connectivity index (χ4n) is 2.21. The maximum Gasteiger partial charge on any atom is 0.225 e. The zero-order chi connectivity index (χ0) is 15.2. The van der Waals surface area contributed by atoms with E-state index in [9.17, 15) is 9.18 Å². The third-order valence-corrected chi connectivity index (χ3v) is 3.29. The Bertz CT molecular complexity index is 628. The van der Waals surface area contributed by atoms with Crippen molar-refractivity contribution in [3.05, 3.63) is 65.5 Å². The highest BCUT2D eigenvalue weighted by Crippen LogP contribution is 2.24. The molecular formula is C17H18FNO2. The van der Waals surface area contributed by atoms with Crippen molar-refractivity contribution < 1.29 is 13.9 Å². The van der Waals surface area contributed by atoms with Gasteiger partial charge in [0.25, 0.3) is 0 Å². The second-order valence-electron chi connectivity index (χ2n) is 4.80. The van der Waals surface area contributed by atoms with E-state index in [0.29, 0.717) is 5.56 Å². The molecule has 110 valence electrons. The number of hydrogen-bond acceptors (Lipinski definition) is 2. The van der Waals surface area contributed by atoms with Gasteiger partial charge in [0.2, 0.25) is 5.91 Å². The Morgan fingerprint density at radius 3 is 2.57 bits per heavy atom. The van der Waals surface area contributed by atoms with Gasteiger partial charge in [-0.1, -0.05) is 36.4 Å². The molecule has 21 heavy (non-hydrogen) atoms. The minimum Gasteiger partial charge on any atom is -0.496 e. The number of benzene rings is 2. The molecule has 0 bridgehead atoms. The molecule has 0 radical (unpaired) electrons. The fraction of sp³-hybridized carbons (Fsp3) is 0.235. The van der Waals surface area contributed by atoms with Gasteiger partial charge in [0.15, 0.2) is 0 Å². The highest BCUT2D eigenvalue weighted by molar-refractivity contribution is 5.79. The lowest BCUT2D eigenvalue weighted by molar-refractivity contribution is -0.121. The molecule has 1 amide bonds. The largest absolute Gasteiger partial charge is 0.496 e. The summed E-state index contributed by atoms with van der Waals surface area (Å²) in [6.07, 6.45) is 0.0200. The number of nitrogens with one attached hydrogen (secondary N) is 1. The number of carbonyl (C=O) groups excluding carboxylic acids is 1. The van der Waals surface area contributed by atoms with E-state index in [2.05, 4.69) is 5.32 Å². The van der Waals surface area contributed by atoms with Crippen LogP contribution in [0.5, 0.6) is 5.75 Å². The van der Waals surface area contributed by atoms with Crippen molar-refractivity contribution in [3.8, 4) is 5.75 Å². The summed E-state index contributed by atoms with van der Waals surface area (Å²) in [7, 11) is 1.59. The maximum atomic E-state index is 13.5. The van der Waals surface area contributed by atoms with E-state index in [-0.39, 0.29) is 24.2 Å². The van der Waals surface area contributed by atoms with Crippen molar-refractivity contribution >= 4 is 5.91 Å². The van der Waals surface area contributed by atoms with Gasteiger partial charge in [-0.2, -0.15) is 0 Å². The van der Waals surface area contributed by atoms with E-state index in [4.69, 9.17) is 4.74 Å². The molecule has 4 heteroatoms. The number of amides is 1. The second-order valence-corrected chi connectivity index (χ2v) is 4.80. The summed E-state index contributed by atoms with van der Waals surface area (Å²) in [6.45, 7) is 1.87. The van der Waals surface area contributed by atoms with Crippen LogP contribution in [0.3, 0.4) is 0 Å². The number of hydrogen-bond donors (Lipinski definition) is 1. The first-order valence-electron chi connectivity index (χ1n) is 6.77. The van der Waals surface area contributed by atoms with Crippen LogP contribution in [-0.4, -0.2) is 13.0 Å². The molecule has 0 aliphatic heterocycles. The van der Waals surface area contributed by atoms with E-state index < -0.39 is 0 Å². The highest BCUT2D eigenvalue weighted by Gasteiger charge is 2.14. The van der Waals surface area contributed by atoms with Crippen LogP contribution in [0.2, 0.25) is 0 Å². The SMILES string of the molecule is COc1ccccc1[C@@H](C)NC(=O)Cc1ccccc1F. The molecular weight excluding hydrogens is 269 g/mol. The van der Waals surface area contributed by atoms with Gasteiger partial charge in [0.05, 0.1) is 19.6 Å². The normalized spacial score (nSPS) is 11.8. The summed E-state index contributed by atoms with van der Waals surface area (Å²) in [5.41, 5.74) is 1.28. The predicted molar refractivity (Wildman–Crippen MR) is 79.7 cm³/mol. The lowest BCUT2D eigenvalue weighted by Gasteiger charge is -2.17. The molecule has 2 rings (SSSR count). The molecule has 0 aromatic heterocycles. The van der Waals surface area contributed by atoms with Gasteiger partial charge in [-0.25, -0.2) is 4.39 Å². The molecule has 0 fully saturated rings. The minimum atomic E-state index is -0.363. The molecule has 1 atom stereocenters. The molecule has 2 aromatic carbocycles. The number of para-hydroxylation sites is 1. The Morgan fingerprint density at radius 2 is 1.86 bits per heavy atom. The van der Waals surface area contributed by atoms with Gasteiger partial charge in [-0.05, 0) is 24.6 Å². The number of carbonyl (C=O) groups is 1. The Kier molecular flexibility index (Phi) is 4.93. The van der Waals surface area contributed by atoms with Crippen molar-refractivity contribution in [2.45, 2.75) is 19.4 Å². The van der Waals surface area contributed by atoms with Crippen LogP contribution in [-0.2, 0) is 11.2 Å². The monoisotopic (exact) mass is 287 g/mol. The van der Waals surface area contributed by atoms with Crippen LogP contribution >= 0.6 is 0 Å². The predicted octanol–water partition coefficient (Wildman–Crippen LogP) is 3.25. The van der Waals surface area contributed by atoms with Crippen molar-refractivity contribution in [2.24, 2.45) is 0 Å². The standard InChI is InChI=1S/C17H18FNO2/c1-12(14-8-4-6-10-16(14)21-2)19-17(20)11-13-7-3-5-9-15(13)18/h3-10,12H,11H2,1-2H3,(H,19,20)/t12-/m1/s1. The van der Waals surface area contributed by atoms with E-state index in [0.717, 1.165) is 11.3 Å². The van der Waals surface area contributed by atoms with Crippen LogP contribution in [0.25, 0.3) is 0 Å². The number of halogens is 1. The Balaban J connectivity index is 2.04. The molecule has 0 spiro atoms. The van der Waals surface area contributed by atoms with E-state index >= 15 is 0 Å². The number of ether oxygens (including phenoxy) is 1. The van der Waals surface area contributed by atoms with Gasteiger partial charge >= 0.3 is 0 Å². The van der Waals surface area contributed by atoms with Gasteiger partial charge in [0, 0.05) is 5.56 Å². The lowest BCUT2D eigenvalue weighted by Crippen LogP contribution is -2.28. The van der Waals surface area contributed by atoms with Crippen LogP contribution < -0.4 is 10.1 Å². The van der Waals surface area contributed by atoms with Gasteiger partial charge in [0.1, 0.15) is 11.6 Å². The summed E-state index contributed by atoms with van der Waals surface area (Å²) >= 11 is 0. The smallest absolute Gasteiger partial charge is 0.225 e. The van der Waals surface area contributed by atoms with Crippen LogP contribution in [0.1, 0.15) is 24.1 Å². The average Bonchev–Trinajstić information content (AvgIpc) is 2.49. The molecule has 3 nitrogen and oxygen atoms in total. The first-order valence-corrected chi connectivity index (χ1v) is 6.77. The molecule has 0 aliphatic rings. The summed E-state index contributed by atoms with van der Waals surface area (Å²) in [6, 6.07) is 13.6. The molecule has 0 aliphatic carbocycles. The maximum absolute atomic E-state index is 13.5. The molecule has 2 aromatic rings. The molecule has 1 N–H and O–H groups in total. The van der Waals surface area contributed by atoms with E-state index in [1.54, 1.807) is 25.3 Å². The van der Waals surface area contributed by atoms with Crippen LogP contribution in [0.4, 0.5) is 4.39 Å². The molecule has 0 heterocycles. The molecule has 0 unspecified atom stereocenters. The number of rotatable bonds is 5. The lowest BCUT2D eigenvalue weighted by atomic mass is 10.1. The van der Waals surface area contributed by atoms with E-state index in [1.807, 2.05) is 31.2 Å². The highest BCUT2D eigenvalue weighted by atomic mass is 19.1. The Morgan fingerprint density at radius 1 is 1.19 bits per heavy atom. The summed E-state index contributed by atoms with van der Waals surface area (Å²) in [5, 5.41) is 2.86. The number of methoxy groups -OCH3 is 1. The van der Waals surface area contributed by atoms with Crippen LogP contribution in [0.15, 0.2) is 48.5 Å². The minimum absolute atomic E-state index is 0.0200. The zero-order valence-corrected chi connectivity index (χ0v) is 12.1. The third-order valence-electron chi connectivity index (χ3n) is 3.29. The van der Waals surface area contributed by atoms with Gasteiger partial charge < -0.3 is 10.1 Å². The first-order chi connectivity index (χ1) is 10.1. The van der Waals surface area contributed by atoms with E-state index in [1.165, 1.54) is 6.07 Å². The third kappa shape index (κ3) is 3.81. The summed E-state index contributed by atoms with van der Waals surface area (Å²) in [4.78, 5) is 12.0. The summed E-state index contributed by atoms with van der Waals surface area (Å²) < 4.78 is 18.8. The van der Waals surface area contributed by atoms with Crippen LogP contribution in [0, 0.1) is 5.82 Å². The Hall–Kier alpha value is -2.36. The van der Waals surface area contributed by atoms with Crippen molar-refractivity contribution in [2.75, 3.05) is 7.11 Å². The second kappa shape index (κ2) is 6.88. The van der Waals surface area contributed by atoms with Gasteiger partial charge in [-0.3, -0.25) is 4.79 Å². The zero-order valence-electron chi connectivity index (χ0n) is 12.1. The Labute approximate surface area is 123 Å². The summed E-state index contributed by atoms with van der Waals surface area (Å²) in [5.74, 6) is 0.132. The molecule has 0 saturated heterocycles. The average molecular weight is 287 g/mol. The van der Waals surface area contributed by atoms with Crippen molar-refractivity contribution in [1.82, 2.24) is 5.32 Å². The first kappa shape index (κ1) is 15.0.